The van der Waals surface area contributed by atoms with Gasteiger partial charge in [0.25, 0.3) is 0 Å². The van der Waals surface area contributed by atoms with Crippen LogP contribution in [-0.4, -0.2) is 118 Å². The van der Waals surface area contributed by atoms with Gasteiger partial charge >= 0.3 is 11.9 Å². The lowest BCUT2D eigenvalue weighted by Gasteiger charge is -2.14. The average molecular weight is 866 g/mol. The third-order valence-electron chi connectivity index (χ3n) is 10.0. The molecular weight excluding hydrogens is 787 g/mol. The van der Waals surface area contributed by atoms with Gasteiger partial charge in [-0.05, 0) is 56.9 Å². The predicted molar refractivity (Wildman–Crippen MR) is 235 cm³/mol. The van der Waals surface area contributed by atoms with E-state index in [1.807, 2.05) is 0 Å². The van der Waals surface area contributed by atoms with Crippen LogP contribution in [0.15, 0.2) is 24.3 Å². The number of carbonyl (C=O) groups excluding carboxylic acids is 3. The van der Waals surface area contributed by atoms with Gasteiger partial charge in [0, 0.05) is 25.9 Å². The highest BCUT2D eigenvalue weighted by Crippen LogP contribution is 2.15. The molecule has 15 nitrogen and oxygen atoms in total. The topological polar surface area (TPSA) is 208 Å². The number of ether oxygens (including phenoxy) is 5. The number of benzene rings is 1. The van der Waals surface area contributed by atoms with Gasteiger partial charge in [0.2, 0.25) is 17.7 Å². The summed E-state index contributed by atoms with van der Waals surface area (Å²) in [6, 6.07) is 5.07. The van der Waals surface area contributed by atoms with E-state index in [0.29, 0.717) is 45.1 Å². The molecule has 0 radical (unpaired) electrons. The lowest BCUT2D eigenvalue weighted by molar-refractivity contribution is -0.142. The summed E-state index contributed by atoms with van der Waals surface area (Å²) >= 11 is 0. The molecule has 0 saturated carbocycles. The fourth-order valence-corrected chi connectivity index (χ4v) is 6.42. The van der Waals surface area contributed by atoms with Crippen LogP contribution >= 0.6 is 0 Å². The minimum Gasteiger partial charge on any atom is -0.494 e. The molecule has 1 aromatic rings. The molecule has 0 heterocycles. The monoisotopic (exact) mass is 866 g/mol. The van der Waals surface area contributed by atoms with Gasteiger partial charge in [0.05, 0.1) is 57.9 Å². The molecule has 0 aromatic heterocycles. The largest absolute Gasteiger partial charge is 0.494 e. The van der Waals surface area contributed by atoms with Crippen LogP contribution in [0.3, 0.4) is 0 Å². The van der Waals surface area contributed by atoms with Crippen LogP contribution in [0.2, 0.25) is 0 Å². The summed E-state index contributed by atoms with van der Waals surface area (Å²) in [5.41, 5.74) is 0.202. The van der Waals surface area contributed by atoms with Gasteiger partial charge in [-0.15, -0.1) is 0 Å². The first-order chi connectivity index (χ1) is 29.6. The van der Waals surface area contributed by atoms with E-state index in [0.717, 1.165) is 32.1 Å². The summed E-state index contributed by atoms with van der Waals surface area (Å²) in [5.74, 6) is -2.55. The molecule has 0 spiro atoms. The highest BCUT2D eigenvalue weighted by molar-refractivity contribution is 5.87. The van der Waals surface area contributed by atoms with Gasteiger partial charge in [-0.25, -0.2) is 9.59 Å². The number of carboxylic acids is 2. The minimum absolute atomic E-state index is 0.0396. The van der Waals surface area contributed by atoms with E-state index < -0.39 is 18.0 Å². The number of carboxylic acid groups (broad SMARTS) is 2. The minimum atomic E-state index is -1.20. The zero-order chi connectivity index (χ0) is 44.6. The molecule has 5 N–H and O–H groups in total. The van der Waals surface area contributed by atoms with Crippen molar-refractivity contribution in [3.05, 3.63) is 29.8 Å². The first kappa shape index (κ1) is 55.2. The van der Waals surface area contributed by atoms with E-state index in [-0.39, 0.29) is 81.6 Å². The predicted octanol–water partition coefficient (Wildman–Crippen LogP) is 7.23. The number of nitrogens with one attached hydrogen (secondary N) is 3. The van der Waals surface area contributed by atoms with Crippen molar-refractivity contribution in [2.24, 2.45) is 0 Å². The molecule has 0 aliphatic rings. The summed E-state index contributed by atoms with van der Waals surface area (Å²) in [4.78, 5) is 59.0. The van der Waals surface area contributed by atoms with Gasteiger partial charge in [0.1, 0.15) is 18.4 Å². The van der Waals surface area contributed by atoms with Gasteiger partial charge in [-0.3, -0.25) is 14.4 Å². The molecule has 0 aliphatic carbocycles. The van der Waals surface area contributed by atoms with Crippen molar-refractivity contribution < 1.29 is 57.9 Å². The lowest BCUT2D eigenvalue weighted by Crippen LogP contribution is -2.41. The Morgan fingerprint density at radius 2 is 1.10 bits per heavy atom. The van der Waals surface area contributed by atoms with Crippen LogP contribution < -0.4 is 20.7 Å². The Balaban J connectivity index is 1.91. The van der Waals surface area contributed by atoms with Crippen LogP contribution in [-0.2, 0) is 38.1 Å². The number of unbranched alkanes of at least 4 members (excludes halogenated alkanes) is 15. The van der Waals surface area contributed by atoms with E-state index in [9.17, 15) is 29.1 Å². The normalized spacial score (nSPS) is 12.1. The summed E-state index contributed by atoms with van der Waals surface area (Å²) in [6.45, 7) is 7.42. The van der Waals surface area contributed by atoms with Gasteiger partial charge < -0.3 is 49.8 Å². The molecule has 2 atom stereocenters. The maximum absolute atomic E-state index is 12.3. The van der Waals surface area contributed by atoms with Crippen LogP contribution in [0.5, 0.6) is 5.75 Å². The fraction of sp³-hybridized carbons (Fsp3) is 0.761. The Hall–Kier alpha value is -3.79. The third kappa shape index (κ3) is 34.5. The molecular formula is C46H79N3O12. The average Bonchev–Trinajstić information content (AvgIpc) is 3.24. The van der Waals surface area contributed by atoms with Gasteiger partial charge in [-0.2, -0.15) is 0 Å². The molecule has 350 valence electrons. The van der Waals surface area contributed by atoms with Crippen LogP contribution in [0.25, 0.3) is 0 Å². The summed E-state index contributed by atoms with van der Waals surface area (Å²) < 4.78 is 27.8. The molecule has 3 amide bonds. The number of hydrogen-bond donors (Lipinski definition) is 5. The van der Waals surface area contributed by atoms with E-state index >= 15 is 0 Å². The van der Waals surface area contributed by atoms with Crippen molar-refractivity contribution in [3.8, 4) is 5.75 Å². The van der Waals surface area contributed by atoms with Gasteiger partial charge in [0.15, 0.2) is 0 Å². The molecule has 61 heavy (non-hydrogen) atoms. The maximum Gasteiger partial charge on any atom is 0.335 e. The van der Waals surface area contributed by atoms with E-state index in [2.05, 4.69) is 29.8 Å². The first-order valence-electron chi connectivity index (χ1n) is 23.0. The Bertz CT molecular complexity index is 1280. The van der Waals surface area contributed by atoms with Crippen LogP contribution in [0, 0.1) is 0 Å². The SMILES string of the molecule is CCCCCCCCCCCCCCC(C)OCCOCCNC(=O)COCCOCCNC(=O)CC[C@H](NC(=O)CCCCCCCOc1ccc(C(=O)O)cc1)C(=O)O. The van der Waals surface area contributed by atoms with Gasteiger partial charge in [-0.1, -0.05) is 103 Å². The van der Waals surface area contributed by atoms with E-state index in [1.165, 1.54) is 89.2 Å². The number of amides is 3. The number of aromatic carboxylic acids is 1. The third-order valence-corrected chi connectivity index (χ3v) is 10.0. The lowest BCUT2D eigenvalue weighted by atomic mass is 10.0. The molecule has 0 saturated heterocycles. The van der Waals surface area contributed by atoms with E-state index in [1.54, 1.807) is 12.1 Å². The van der Waals surface area contributed by atoms with Crippen LogP contribution in [0.4, 0.5) is 0 Å². The molecule has 15 heteroatoms. The van der Waals surface area contributed by atoms with Crippen LogP contribution in [0.1, 0.15) is 159 Å². The second kappa shape index (κ2) is 39.1. The quantitative estimate of drug-likeness (QED) is 0.0412. The zero-order valence-corrected chi connectivity index (χ0v) is 37.4. The second-order valence-corrected chi connectivity index (χ2v) is 15.5. The van der Waals surface area contributed by atoms with Crippen molar-refractivity contribution in [1.82, 2.24) is 16.0 Å². The summed E-state index contributed by atoms with van der Waals surface area (Å²) in [6.07, 6.45) is 21.5. The number of hydrogen-bond acceptors (Lipinski definition) is 10. The van der Waals surface area contributed by atoms with Crippen molar-refractivity contribution in [2.75, 3.05) is 65.9 Å². The van der Waals surface area contributed by atoms with Crippen molar-refractivity contribution in [3.63, 3.8) is 0 Å². The molecule has 0 bridgehead atoms. The van der Waals surface area contributed by atoms with Crippen molar-refractivity contribution in [1.29, 1.82) is 0 Å². The molecule has 0 aliphatic heterocycles. The molecule has 1 unspecified atom stereocenters. The Kier molecular flexibility index (Phi) is 35.4. The Labute approximate surface area is 365 Å². The summed E-state index contributed by atoms with van der Waals surface area (Å²) in [5, 5.41) is 26.4. The maximum atomic E-state index is 12.3. The number of aliphatic carboxylic acids is 1. The number of rotatable bonds is 43. The molecule has 1 aromatic carbocycles. The number of carbonyl (C=O) groups is 5. The van der Waals surface area contributed by atoms with Crippen molar-refractivity contribution >= 4 is 29.7 Å². The smallest absolute Gasteiger partial charge is 0.335 e. The second-order valence-electron chi connectivity index (χ2n) is 15.5. The first-order valence-corrected chi connectivity index (χ1v) is 23.0. The standard InChI is InChI=1S/C46H79N3O12/c1-3-4-5-6-7-8-9-10-11-12-14-17-20-38(2)60-36-35-58-32-29-48-44(52)37-59-34-33-57-31-28-47-42(50)27-26-41(46(55)56)49-43(51)21-18-15-13-16-19-30-61-40-24-22-39(23-25-40)45(53)54/h22-25,38,41H,3-21,26-37H2,1-2H3,(H,47,50)(H,48,52)(H,49,51)(H,53,54)(H,55,56)/t38?,41-/m0/s1. The van der Waals surface area contributed by atoms with E-state index in [4.69, 9.17) is 28.8 Å². The van der Waals surface area contributed by atoms with Crippen molar-refractivity contribution in [2.45, 2.75) is 161 Å². The summed E-state index contributed by atoms with van der Waals surface area (Å²) in [7, 11) is 0. The highest BCUT2D eigenvalue weighted by atomic mass is 16.5. The Morgan fingerprint density at radius 3 is 1.70 bits per heavy atom. The Morgan fingerprint density at radius 1 is 0.557 bits per heavy atom. The molecule has 0 fully saturated rings. The fourth-order valence-electron chi connectivity index (χ4n) is 6.42. The molecule has 1 rings (SSSR count). The zero-order valence-electron chi connectivity index (χ0n) is 37.4. The highest BCUT2D eigenvalue weighted by Gasteiger charge is 2.21.